The molecule has 92 valence electrons. The van der Waals surface area contributed by atoms with Crippen molar-refractivity contribution in [2.75, 3.05) is 6.54 Å². The summed E-state index contributed by atoms with van der Waals surface area (Å²) in [6, 6.07) is 4.28. The van der Waals surface area contributed by atoms with Crippen LogP contribution in [0.25, 0.3) is 0 Å². The van der Waals surface area contributed by atoms with Crippen LogP contribution in [0.3, 0.4) is 0 Å². The Labute approximate surface area is 100 Å². The maximum atomic E-state index is 3.60. The molecule has 0 amide bonds. The van der Waals surface area contributed by atoms with E-state index in [9.17, 15) is 0 Å². The predicted octanol–water partition coefficient (Wildman–Crippen LogP) is 3.33. The summed E-state index contributed by atoms with van der Waals surface area (Å²) in [6.07, 6.45) is 5.89. The molecule has 0 fully saturated rings. The van der Waals surface area contributed by atoms with Gasteiger partial charge in [-0.2, -0.15) is 0 Å². The van der Waals surface area contributed by atoms with E-state index in [-0.39, 0.29) is 0 Å². The van der Waals surface area contributed by atoms with Gasteiger partial charge in [0.15, 0.2) is 0 Å². The van der Waals surface area contributed by atoms with E-state index in [0.29, 0.717) is 5.41 Å². The Morgan fingerprint density at radius 2 is 1.81 bits per heavy atom. The number of hydrogen-bond acceptors (Lipinski definition) is 1. The first-order chi connectivity index (χ1) is 7.67. The summed E-state index contributed by atoms with van der Waals surface area (Å²) in [5.41, 5.74) is 1.85. The summed E-state index contributed by atoms with van der Waals surface area (Å²) in [5, 5.41) is 3.60. The Kier molecular flexibility index (Phi) is 5.07. The average molecular weight is 222 g/mol. The van der Waals surface area contributed by atoms with Gasteiger partial charge in [-0.1, -0.05) is 20.8 Å². The molecule has 1 aromatic rings. The van der Waals surface area contributed by atoms with Crippen LogP contribution in [-0.4, -0.2) is 11.1 Å². The largest absolute Gasteiger partial charge is 0.353 e. The Morgan fingerprint density at radius 1 is 1.19 bits per heavy atom. The molecule has 0 aliphatic heterocycles. The number of nitrogens with one attached hydrogen (secondary N) is 1. The Bertz CT molecular complexity index is 289. The van der Waals surface area contributed by atoms with E-state index in [2.05, 4.69) is 56.0 Å². The van der Waals surface area contributed by atoms with E-state index in [0.717, 1.165) is 13.1 Å². The molecule has 1 N–H and O–H groups in total. The lowest BCUT2D eigenvalue weighted by atomic mass is 9.80. The Hall–Kier alpha value is -0.760. The summed E-state index contributed by atoms with van der Waals surface area (Å²) in [4.78, 5) is 0. The van der Waals surface area contributed by atoms with Gasteiger partial charge in [-0.05, 0) is 36.8 Å². The molecule has 2 nitrogen and oxygen atoms in total. The summed E-state index contributed by atoms with van der Waals surface area (Å²) >= 11 is 0. The summed E-state index contributed by atoms with van der Waals surface area (Å²) < 4.78 is 2.18. The highest BCUT2D eigenvalue weighted by atomic mass is 15.0. The quantitative estimate of drug-likeness (QED) is 0.749. The molecule has 1 aromatic heterocycles. The highest BCUT2D eigenvalue weighted by Gasteiger charge is 2.22. The molecule has 16 heavy (non-hydrogen) atoms. The molecule has 0 saturated heterocycles. The van der Waals surface area contributed by atoms with Crippen molar-refractivity contribution >= 4 is 0 Å². The van der Waals surface area contributed by atoms with Crippen LogP contribution in [0, 0.1) is 5.41 Å². The molecule has 0 unspecified atom stereocenters. The molecular weight excluding hydrogens is 196 g/mol. The molecule has 1 rings (SSSR count). The van der Waals surface area contributed by atoms with Crippen molar-refractivity contribution in [2.45, 2.75) is 46.6 Å². The van der Waals surface area contributed by atoms with Crippen molar-refractivity contribution < 1.29 is 0 Å². The van der Waals surface area contributed by atoms with Gasteiger partial charge >= 0.3 is 0 Å². The first-order valence-corrected chi connectivity index (χ1v) is 6.48. The third kappa shape index (κ3) is 3.11. The van der Waals surface area contributed by atoms with Gasteiger partial charge in [0, 0.05) is 32.0 Å². The van der Waals surface area contributed by atoms with E-state index in [4.69, 9.17) is 0 Å². The van der Waals surface area contributed by atoms with Crippen LogP contribution in [0.2, 0.25) is 0 Å². The molecule has 0 radical (unpaired) electrons. The third-order valence-electron chi connectivity index (χ3n) is 4.11. The fraction of sp³-hybridized carbons (Fsp3) is 0.714. The minimum Gasteiger partial charge on any atom is -0.353 e. The van der Waals surface area contributed by atoms with E-state index in [1.165, 1.54) is 25.0 Å². The van der Waals surface area contributed by atoms with Crippen molar-refractivity contribution in [2.24, 2.45) is 12.5 Å². The SMILES string of the molecule is CCC(CC)(CC)CNCc1cccn1C. The van der Waals surface area contributed by atoms with Crippen LogP contribution in [-0.2, 0) is 13.6 Å². The summed E-state index contributed by atoms with van der Waals surface area (Å²) in [5.74, 6) is 0. The smallest absolute Gasteiger partial charge is 0.0359 e. The number of aromatic nitrogens is 1. The molecular formula is C14H26N2. The molecule has 0 aromatic carbocycles. The van der Waals surface area contributed by atoms with Gasteiger partial charge in [-0.3, -0.25) is 0 Å². The lowest BCUT2D eigenvalue weighted by Gasteiger charge is -2.30. The molecule has 0 aliphatic carbocycles. The second-order valence-electron chi connectivity index (χ2n) is 4.77. The van der Waals surface area contributed by atoms with E-state index in [1.54, 1.807) is 0 Å². The van der Waals surface area contributed by atoms with Gasteiger partial charge in [0.05, 0.1) is 0 Å². The summed E-state index contributed by atoms with van der Waals surface area (Å²) in [7, 11) is 2.10. The highest BCUT2D eigenvalue weighted by Crippen LogP contribution is 2.29. The summed E-state index contributed by atoms with van der Waals surface area (Å²) in [6.45, 7) is 9.01. The lowest BCUT2D eigenvalue weighted by molar-refractivity contribution is 0.237. The lowest BCUT2D eigenvalue weighted by Crippen LogP contribution is -2.33. The fourth-order valence-corrected chi connectivity index (χ4v) is 2.26. The number of aryl methyl sites for hydroxylation is 1. The zero-order chi connectivity index (χ0) is 12.0. The van der Waals surface area contributed by atoms with Gasteiger partial charge < -0.3 is 9.88 Å². The molecule has 0 bridgehead atoms. The van der Waals surface area contributed by atoms with E-state index < -0.39 is 0 Å². The van der Waals surface area contributed by atoms with E-state index >= 15 is 0 Å². The first kappa shape index (κ1) is 13.3. The molecule has 1 heterocycles. The predicted molar refractivity (Wildman–Crippen MR) is 70.4 cm³/mol. The number of nitrogens with zero attached hydrogens (tertiary/aromatic N) is 1. The minimum atomic E-state index is 0.491. The fourth-order valence-electron chi connectivity index (χ4n) is 2.26. The van der Waals surface area contributed by atoms with Gasteiger partial charge in [0.25, 0.3) is 0 Å². The van der Waals surface area contributed by atoms with Crippen molar-refractivity contribution in [3.63, 3.8) is 0 Å². The monoisotopic (exact) mass is 222 g/mol. The van der Waals surface area contributed by atoms with Crippen LogP contribution in [0.1, 0.15) is 45.7 Å². The van der Waals surface area contributed by atoms with Gasteiger partial charge in [0.2, 0.25) is 0 Å². The van der Waals surface area contributed by atoms with Gasteiger partial charge in [-0.15, -0.1) is 0 Å². The molecule has 0 saturated carbocycles. The second kappa shape index (κ2) is 6.09. The van der Waals surface area contributed by atoms with Crippen molar-refractivity contribution in [3.8, 4) is 0 Å². The topological polar surface area (TPSA) is 17.0 Å². The zero-order valence-corrected chi connectivity index (χ0v) is 11.2. The highest BCUT2D eigenvalue weighted by molar-refractivity contribution is 5.06. The van der Waals surface area contributed by atoms with Crippen molar-refractivity contribution in [3.05, 3.63) is 24.0 Å². The maximum absolute atomic E-state index is 3.60. The zero-order valence-electron chi connectivity index (χ0n) is 11.2. The first-order valence-electron chi connectivity index (χ1n) is 6.48. The second-order valence-corrected chi connectivity index (χ2v) is 4.77. The molecule has 2 heteroatoms. The van der Waals surface area contributed by atoms with Crippen LogP contribution < -0.4 is 5.32 Å². The van der Waals surface area contributed by atoms with Crippen LogP contribution >= 0.6 is 0 Å². The Morgan fingerprint density at radius 3 is 2.25 bits per heavy atom. The number of hydrogen-bond donors (Lipinski definition) is 1. The number of rotatable bonds is 7. The van der Waals surface area contributed by atoms with Crippen molar-refractivity contribution in [1.82, 2.24) is 9.88 Å². The molecule has 0 atom stereocenters. The normalized spacial score (nSPS) is 12.0. The standard InChI is InChI=1S/C14H26N2/c1-5-14(6-2,7-3)12-15-11-13-9-8-10-16(13)4/h8-10,15H,5-7,11-12H2,1-4H3. The molecule has 0 aliphatic rings. The molecule has 0 spiro atoms. The van der Waals surface area contributed by atoms with Crippen LogP contribution in [0.15, 0.2) is 18.3 Å². The van der Waals surface area contributed by atoms with Crippen LogP contribution in [0.4, 0.5) is 0 Å². The average Bonchev–Trinajstić information content (AvgIpc) is 2.71. The Balaban J connectivity index is 2.42. The van der Waals surface area contributed by atoms with Gasteiger partial charge in [0.1, 0.15) is 0 Å². The third-order valence-corrected chi connectivity index (χ3v) is 4.11. The minimum absolute atomic E-state index is 0.491. The van der Waals surface area contributed by atoms with Crippen LogP contribution in [0.5, 0.6) is 0 Å². The van der Waals surface area contributed by atoms with E-state index in [1.807, 2.05) is 0 Å². The van der Waals surface area contributed by atoms with Crippen molar-refractivity contribution in [1.29, 1.82) is 0 Å². The maximum Gasteiger partial charge on any atom is 0.0359 e. The van der Waals surface area contributed by atoms with Gasteiger partial charge in [-0.25, -0.2) is 0 Å².